The van der Waals surface area contributed by atoms with Gasteiger partial charge in [0.15, 0.2) is 0 Å². The predicted octanol–water partition coefficient (Wildman–Crippen LogP) is 3.06. The summed E-state index contributed by atoms with van der Waals surface area (Å²) in [5, 5.41) is 13.4. The zero-order valence-electron chi connectivity index (χ0n) is 11.9. The summed E-state index contributed by atoms with van der Waals surface area (Å²) in [6.07, 6.45) is 0. The topological polar surface area (TPSA) is 98.3 Å². The Balaban J connectivity index is 3.00. The highest BCUT2D eigenvalue weighted by atomic mass is 79.9. The molecule has 0 aromatic heterocycles. The Morgan fingerprint density at radius 2 is 1.90 bits per heavy atom. The van der Waals surface area contributed by atoms with E-state index in [0.29, 0.717) is 10.2 Å². The number of nitrogens with two attached hydrogens (primary N) is 1. The zero-order chi connectivity index (χ0) is 15.7. The third kappa shape index (κ3) is 3.34. The number of non-ortho nitro benzene ring substituents is 1. The summed E-state index contributed by atoms with van der Waals surface area (Å²) >= 11 is 3.21. The SMILES string of the molecule is CC(C)(N)C(C)(C)C(=O)Nc1ccc([N+](=O)[O-])cc1Br. The van der Waals surface area contributed by atoms with Crippen molar-refractivity contribution in [2.24, 2.45) is 11.1 Å². The van der Waals surface area contributed by atoms with E-state index in [0.717, 1.165) is 0 Å². The van der Waals surface area contributed by atoms with E-state index in [1.165, 1.54) is 18.2 Å². The van der Waals surface area contributed by atoms with Crippen molar-refractivity contribution in [2.45, 2.75) is 33.2 Å². The number of amides is 1. The lowest BCUT2D eigenvalue weighted by Crippen LogP contribution is -2.53. The van der Waals surface area contributed by atoms with Crippen LogP contribution in [0.1, 0.15) is 27.7 Å². The standard InChI is InChI=1S/C13H18BrN3O3/c1-12(2,13(3,4)15)11(18)16-10-6-5-8(17(19)20)7-9(10)14/h5-7H,15H2,1-4H3,(H,16,18). The second-order valence-corrected chi connectivity index (χ2v) is 6.58. The highest BCUT2D eigenvalue weighted by Crippen LogP contribution is 2.32. The summed E-state index contributed by atoms with van der Waals surface area (Å²) in [7, 11) is 0. The van der Waals surface area contributed by atoms with Crippen molar-refractivity contribution in [3.63, 3.8) is 0 Å². The normalized spacial score (nSPS) is 12.1. The van der Waals surface area contributed by atoms with Crippen molar-refractivity contribution in [3.05, 3.63) is 32.8 Å². The van der Waals surface area contributed by atoms with Crippen LogP contribution in [0.4, 0.5) is 11.4 Å². The lowest BCUT2D eigenvalue weighted by molar-refractivity contribution is -0.384. The van der Waals surface area contributed by atoms with Crippen LogP contribution in [-0.4, -0.2) is 16.4 Å². The average Bonchev–Trinajstić information content (AvgIpc) is 2.29. The lowest BCUT2D eigenvalue weighted by Gasteiger charge is -2.36. The van der Waals surface area contributed by atoms with Crippen LogP contribution < -0.4 is 11.1 Å². The Bertz CT molecular complexity index is 550. The largest absolute Gasteiger partial charge is 0.325 e. The van der Waals surface area contributed by atoms with Gasteiger partial charge in [-0.1, -0.05) is 0 Å². The van der Waals surface area contributed by atoms with Gasteiger partial charge >= 0.3 is 0 Å². The average molecular weight is 344 g/mol. The molecule has 0 spiro atoms. The molecule has 1 aromatic rings. The van der Waals surface area contributed by atoms with Crippen LogP contribution in [0.2, 0.25) is 0 Å². The lowest BCUT2D eigenvalue weighted by atomic mass is 9.74. The smallest absolute Gasteiger partial charge is 0.270 e. The van der Waals surface area contributed by atoms with Gasteiger partial charge in [-0.15, -0.1) is 0 Å². The molecule has 0 aliphatic carbocycles. The molecule has 7 heteroatoms. The first-order chi connectivity index (χ1) is 8.96. The molecule has 0 aliphatic heterocycles. The maximum absolute atomic E-state index is 12.3. The molecule has 1 aromatic carbocycles. The fourth-order valence-corrected chi connectivity index (χ4v) is 1.76. The Hall–Kier alpha value is -1.47. The van der Waals surface area contributed by atoms with E-state index >= 15 is 0 Å². The highest BCUT2D eigenvalue weighted by molar-refractivity contribution is 9.10. The van der Waals surface area contributed by atoms with Gasteiger partial charge in [0, 0.05) is 22.1 Å². The molecule has 20 heavy (non-hydrogen) atoms. The van der Waals surface area contributed by atoms with E-state index in [4.69, 9.17) is 5.73 Å². The number of nitro groups is 1. The highest BCUT2D eigenvalue weighted by Gasteiger charge is 2.40. The van der Waals surface area contributed by atoms with Crippen molar-refractivity contribution >= 4 is 33.2 Å². The molecule has 1 rings (SSSR count). The molecule has 0 bridgehead atoms. The summed E-state index contributed by atoms with van der Waals surface area (Å²) in [4.78, 5) is 22.5. The first kappa shape index (κ1) is 16.6. The summed E-state index contributed by atoms with van der Waals surface area (Å²) in [6, 6.07) is 4.16. The Kier molecular flexibility index (Phi) is 4.55. The van der Waals surface area contributed by atoms with Gasteiger partial charge in [0.05, 0.1) is 16.0 Å². The van der Waals surface area contributed by atoms with Crippen LogP contribution in [-0.2, 0) is 4.79 Å². The molecule has 0 saturated carbocycles. The molecule has 0 aliphatic rings. The first-order valence-electron chi connectivity index (χ1n) is 6.01. The van der Waals surface area contributed by atoms with Gasteiger partial charge in [0.2, 0.25) is 5.91 Å². The van der Waals surface area contributed by atoms with Gasteiger partial charge in [-0.3, -0.25) is 14.9 Å². The predicted molar refractivity (Wildman–Crippen MR) is 81.5 cm³/mol. The van der Waals surface area contributed by atoms with Gasteiger partial charge in [0.1, 0.15) is 0 Å². The number of hydrogen-bond donors (Lipinski definition) is 2. The monoisotopic (exact) mass is 343 g/mol. The van der Waals surface area contributed by atoms with Crippen molar-refractivity contribution in [2.75, 3.05) is 5.32 Å². The van der Waals surface area contributed by atoms with E-state index in [1.54, 1.807) is 27.7 Å². The van der Waals surface area contributed by atoms with Gasteiger partial charge in [-0.05, 0) is 49.7 Å². The number of nitro benzene ring substituents is 1. The van der Waals surface area contributed by atoms with Gasteiger partial charge in [-0.25, -0.2) is 0 Å². The fourth-order valence-electron chi connectivity index (χ4n) is 1.29. The summed E-state index contributed by atoms with van der Waals surface area (Å²) in [5.41, 5.74) is 4.93. The van der Waals surface area contributed by atoms with E-state index in [1.807, 2.05) is 0 Å². The van der Waals surface area contributed by atoms with Crippen LogP contribution in [0.5, 0.6) is 0 Å². The van der Waals surface area contributed by atoms with Crippen molar-refractivity contribution in [3.8, 4) is 0 Å². The van der Waals surface area contributed by atoms with Crippen molar-refractivity contribution in [1.82, 2.24) is 0 Å². The first-order valence-corrected chi connectivity index (χ1v) is 6.80. The van der Waals surface area contributed by atoms with Crippen molar-refractivity contribution in [1.29, 1.82) is 0 Å². The zero-order valence-corrected chi connectivity index (χ0v) is 13.4. The third-order valence-electron chi connectivity index (χ3n) is 3.59. The minimum absolute atomic E-state index is 0.0479. The Morgan fingerprint density at radius 1 is 1.35 bits per heavy atom. The second-order valence-electron chi connectivity index (χ2n) is 5.72. The Labute approximate surface area is 126 Å². The molecule has 0 fully saturated rings. The number of hydrogen-bond acceptors (Lipinski definition) is 4. The van der Waals surface area contributed by atoms with E-state index in [2.05, 4.69) is 21.2 Å². The molecule has 1 amide bonds. The molecule has 0 saturated heterocycles. The molecular weight excluding hydrogens is 326 g/mol. The van der Waals surface area contributed by atoms with Crippen LogP contribution in [0.3, 0.4) is 0 Å². The summed E-state index contributed by atoms with van der Waals surface area (Å²) in [6.45, 7) is 7.05. The minimum atomic E-state index is -0.797. The van der Waals surface area contributed by atoms with E-state index in [9.17, 15) is 14.9 Å². The van der Waals surface area contributed by atoms with E-state index < -0.39 is 15.9 Å². The number of carbonyl (C=O) groups excluding carboxylic acids is 1. The summed E-state index contributed by atoms with van der Waals surface area (Å²) in [5.74, 6) is -0.250. The third-order valence-corrected chi connectivity index (χ3v) is 4.25. The number of benzene rings is 1. The second kappa shape index (κ2) is 5.49. The van der Waals surface area contributed by atoms with Crippen LogP contribution in [0.25, 0.3) is 0 Å². The number of nitrogens with one attached hydrogen (secondary N) is 1. The molecule has 0 unspecified atom stereocenters. The molecule has 110 valence electrons. The fraction of sp³-hybridized carbons (Fsp3) is 0.462. The molecule has 0 radical (unpaired) electrons. The quantitative estimate of drug-likeness (QED) is 0.648. The number of nitrogens with zero attached hydrogens (tertiary/aromatic N) is 1. The van der Waals surface area contributed by atoms with Crippen LogP contribution >= 0.6 is 15.9 Å². The molecule has 0 heterocycles. The molecular formula is C13H18BrN3O3. The molecule has 6 nitrogen and oxygen atoms in total. The molecule has 0 atom stereocenters. The number of halogens is 1. The van der Waals surface area contributed by atoms with Crippen molar-refractivity contribution < 1.29 is 9.72 Å². The summed E-state index contributed by atoms with van der Waals surface area (Å²) < 4.78 is 0.450. The van der Waals surface area contributed by atoms with Crippen LogP contribution in [0, 0.1) is 15.5 Å². The maximum Gasteiger partial charge on any atom is 0.270 e. The maximum atomic E-state index is 12.3. The Morgan fingerprint density at radius 3 is 2.30 bits per heavy atom. The number of anilines is 1. The van der Waals surface area contributed by atoms with Gasteiger partial charge < -0.3 is 11.1 Å². The minimum Gasteiger partial charge on any atom is -0.325 e. The molecule has 3 N–H and O–H groups in total. The van der Waals surface area contributed by atoms with Gasteiger partial charge in [0.25, 0.3) is 5.69 Å². The van der Waals surface area contributed by atoms with Gasteiger partial charge in [-0.2, -0.15) is 0 Å². The van der Waals surface area contributed by atoms with Crippen LogP contribution in [0.15, 0.2) is 22.7 Å². The number of rotatable bonds is 4. The number of carbonyl (C=O) groups is 1. The van der Waals surface area contributed by atoms with E-state index in [-0.39, 0.29) is 11.6 Å².